The van der Waals surface area contributed by atoms with E-state index in [2.05, 4.69) is 5.32 Å². The predicted molar refractivity (Wildman–Crippen MR) is 88.2 cm³/mol. The predicted octanol–water partition coefficient (Wildman–Crippen LogP) is 4.02. The van der Waals surface area contributed by atoms with Gasteiger partial charge in [-0.1, -0.05) is 17.7 Å². The van der Waals surface area contributed by atoms with Crippen LogP contribution in [0.2, 0.25) is 0 Å². The van der Waals surface area contributed by atoms with Crippen LogP contribution in [0.4, 0.5) is 11.4 Å². The van der Waals surface area contributed by atoms with E-state index in [4.69, 9.17) is 0 Å². The normalized spacial score (nSPS) is 11.7. The molecule has 0 aliphatic rings. The molecular weight excluding hydrogens is 300 g/mol. The minimum absolute atomic E-state index is 0.0427. The van der Waals surface area contributed by atoms with E-state index in [9.17, 15) is 14.9 Å². The summed E-state index contributed by atoms with van der Waals surface area (Å²) in [5.74, 6) is -0.104. The minimum Gasteiger partial charge on any atom is -0.325 e. The monoisotopic (exact) mass is 316 g/mol. The standard InChI is InChI=1S/C16H16N2O3S/c1-11-3-5-13(6-4-11)17-16(19)12(2)22-15-9-7-14(8-10-15)18(20)21/h3-10,12H,1-2H3,(H,17,19)/t12-/m1/s1. The van der Waals surface area contributed by atoms with E-state index >= 15 is 0 Å². The molecule has 0 saturated carbocycles. The van der Waals surface area contributed by atoms with Crippen molar-refractivity contribution in [3.05, 3.63) is 64.2 Å². The third-order valence-electron chi connectivity index (χ3n) is 3.05. The van der Waals surface area contributed by atoms with Crippen LogP contribution in [0.3, 0.4) is 0 Å². The highest BCUT2D eigenvalue weighted by atomic mass is 32.2. The highest BCUT2D eigenvalue weighted by Crippen LogP contribution is 2.26. The van der Waals surface area contributed by atoms with E-state index in [0.29, 0.717) is 0 Å². The first-order chi connectivity index (χ1) is 10.5. The van der Waals surface area contributed by atoms with Gasteiger partial charge < -0.3 is 5.32 Å². The molecule has 0 bridgehead atoms. The van der Waals surface area contributed by atoms with Crippen LogP contribution in [0.15, 0.2) is 53.4 Å². The molecule has 2 aromatic carbocycles. The fourth-order valence-corrected chi connectivity index (χ4v) is 2.65. The lowest BCUT2D eigenvalue weighted by atomic mass is 10.2. The van der Waals surface area contributed by atoms with Gasteiger partial charge in [-0.25, -0.2) is 0 Å². The maximum atomic E-state index is 12.1. The molecule has 1 N–H and O–H groups in total. The first-order valence-electron chi connectivity index (χ1n) is 6.74. The van der Waals surface area contributed by atoms with Crippen LogP contribution in [0.1, 0.15) is 12.5 Å². The molecule has 6 heteroatoms. The van der Waals surface area contributed by atoms with Crippen molar-refractivity contribution < 1.29 is 9.72 Å². The molecule has 0 aliphatic heterocycles. The largest absolute Gasteiger partial charge is 0.325 e. The summed E-state index contributed by atoms with van der Waals surface area (Å²) < 4.78 is 0. The number of hydrogen-bond acceptors (Lipinski definition) is 4. The molecule has 114 valence electrons. The molecule has 0 unspecified atom stereocenters. The Morgan fingerprint density at radius 2 is 1.73 bits per heavy atom. The van der Waals surface area contributed by atoms with E-state index in [0.717, 1.165) is 16.1 Å². The molecular formula is C16H16N2O3S. The summed E-state index contributed by atoms with van der Waals surface area (Å²) in [6, 6.07) is 13.8. The average molecular weight is 316 g/mol. The van der Waals surface area contributed by atoms with Gasteiger partial charge in [0.25, 0.3) is 5.69 Å². The lowest BCUT2D eigenvalue weighted by Gasteiger charge is -2.12. The smallest absolute Gasteiger partial charge is 0.269 e. The van der Waals surface area contributed by atoms with Crippen LogP contribution in [0, 0.1) is 17.0 Å². The second-order valence-electron chi connectivity index (χ2n) is 4.87. The molecule has 22 heavy (non-hydrogen) atoms. The van der Waals surface area contributed by atoms with Crippen molar-refractivity contribution >= 4 is 29.0 Å². The van der Waals surface area contributed by atoms with Crippen LogP contribution < -0.4 is 5.32 Å². The van der Waals surface area contributed by atoms with Gasteiger partial charge in [0.15, 0.2) is 0 Å². The molecule has 1 atom stereocenters. The van der Waals surface area contributed by atoms with Crippen molar-refractivity contribution in [3.63, 3.8) is 0 Å². The number of carbonyl (C=O) groups excluding carboxylic acids is 1. The number of benzene rings is 2. The van der Waals surface area contributed by atoms with Gasteiger partial charge in [-0.15, -0.1) is 11.8 Å². The molecule has 0 radical (unpaired) electrons. The van der Waals surface area contributed by atoms with Gasteiger partial charge in [0.05, 0.1) is 10.2 Å². The van der Waals surface area contributed by atoms with Crippen LogP contribution in [0.5, 0.6) is 0 Å². The first-order valence-corrected chi connectivity index (χ1v) is 7.62. The SMILES string of the molecule is Cc1ccc(NC(=O)[C@@H](C)Sc2ccc([N+](=O)[O-])cc2)cc1. The molecule has 0 saturated heterocycles. The second-order valence-corrected chi connectivity index (χ2v) is 6.28. The fraction of sp³-hybridized carbons (Fsp3) is 0.188. The lowest BCUT2D eigenvalue weighted by Crippen LogP contribution is -2.22. The molecule has 5 nitrogen and oxygen atoms in total. The Labute approximate surface area is 132 Å². The lowest BCUT2D eigenvalue weighted by molar-refractivity contribution is -0.384. The second kappa shape index (κ2) is 7.09. The van der Waals surface area contributed by atoms with Crippen LogP contribution in [-0.2, 0) is 4.79 Å². The van der Waals surface area contributed by atoms with Gasteiger partial charge >= 0.3 is 0 Å². The maximum absolute atomic E-state index is 12.1. The number of rotatable bonds is 5. The Morgan fingerprint density at radius 3 is 2.27 bits per heavy atom. The quantitative estimate of drug-likeness (QED) is 0.513. The number of thioether (sulfide) groups is 1. The number of nitrogens with zero attached hydrogens (tertiary/aromatic N) is 1. The number of hydrogen-bond donors (Lipinski definition) is 1. The van der Waals surface area contributed by atoms with E-state index in [1.54, 1.807) is 19.1 Å². The van der Waals surface area contributed by atoms with Gasteiger partial charge in [0.2, 0.25) is 5.91 Å². The Morgan fingerprint density at radius 1 is 1.14 bits per heavy atom. The summed E-state index contributed by atoms with van der Waals surface area (Å²) in [5, 5.41) is 13.2. The van der Waals surface area contributed by atoms with Gasteiger partial charge in [0.1, 0.15) is 0 Å². The summed E-state index contributed by atoms with van der Waals surface area (Å²) in [4.78, 5) is 23.1. The van der Waals surface area contributed by atoms with Crippen LogP contribution in [-0.4, -0.2) is 16.1 Å². The number of non-ortho nitro benzene ring substituents is 1. The number of anilines is 1. The third kappa shape index (κ3) is 4.33. The number of aryl methyl sites for hydroxylation is 1. The molecule has 1 amide bonds. The van der Waals surface area contributed by atoms with E-state index < -0.39 is 4.92 Å². The number of nitrogens with one attached hydrogen (secondary N) is 1. The molecule has 0 fully saturated rings. The van der Waals surface area contributed by atoms with Gasteiger partial charge in [-0.2, -0.15) is 0 Å². The minimum atomic E-state index is -0.442. The summed E-state index contributed by atoms with van der Waals surface area (Å²) in [5.41, 5.74) is 1.93. The highest BCUT2D eigenvalue weighted by Gasteiger charge is 2.15. The van der Waals surface area contributed by atoms with E-state index in [-0.39, 0.29) is 16.8 Å². The summed E-state index contributed by atoms with van der Waals surface area (Å²) in [6.07, 6.45) is 0. The zero-order valence-electron chi connectivity index (χ0n) is 12.3. The molecule has 0 heterocycles. The van der Waals surface area contributed by atoms with E-state index in [1.165, 1.54) is 23.9 Å². The van der Waals surface area contributed by atoms with Crippen molar-refractivity contribution in [2.45, 2.75) is 24.0 Å². The fourth-order valence-electron chi connectivity index (χ4n) is 1.78. The highest BCUT2D eigenvalue weighted by molar-refractivity contribution is 8.00. The van der Waals surface area contributed by atoms with Gasteiger partial charge in [-0.3, -0.25) is 14.9 Å². The van der Waals surface area contributed by atoms with Gasteiger partial charge in [-0.05, 0) is 38.1 Å². The third-order valence-corrected chi connectivity index (χ3v) is 4.16. The first kappa shape index (κ1) is 16.0. The molecule has 2 aromatic rings. The molecule has 0 aliphatic carbocycles. The summed E-state index contributed by atoms with van der Waals surface area (Å²) >= 11 is 1.36. The number of carbonyl (C=O) groups is 1. The van der Waals surface area contributed by atoms with Crippen LogP contribution >= 0.6 is 11.8 Å². The molecule has 2 rings (SSSR count). The van der Waals surface area contributed by atoms with Crippen molar-refractivity contribution in [2.75, 3.05) is 5.32 Å². The number of nitro groups is 1. The van der Waals surface area contributed by atoms with E-state index in [1.807, 2.05) is 31.2 Å². The zero-order chi connectivity index (χ0) is 16.1. The molecule has 0 spiro atoms. The van der Waals surface area contributed by atoms with Crippen molar-refractivity contribution in [3.8, 4) is 0 Å². The van der Waals surface area contributed by atoms with Crippen molar-refractivity contribution in [1.82, 2.24) is 0 Å². The molecule has 0 aromatic heterocycles. The van der Waals surface area contributed by atoms with Crippen molar-refractivity contribution in [1.29, 1.82) is 0 Å². The Bertz CT molecular complexity index is 669. The Kier molecular flexibility index (Phi) is 5.16. The maximum Gasteiger partial charge on any atom is 0.269 e. The average Bonchev–Trinajstić information content (AvgIpc) is 2.50. The number of amides is 1. The van der Waals surface area contributed by atoms with Crippen LogP contribution in [0.25, 0.3) is 0 Å². The zero-order valence-corrected chi connectivity index (χ0v) is 13.1. The Balaban J connectivity index is 1.95. The summed E-state index contributed by atoms with van der Waals surface area (Å²) in [7, 11) is 0. The topological polar surface area (TPSA) is 72.2 Å². The van der Waals surface area contributed by atoms with Gasteiger partial charge in [0, 0.05) is 22.7 Å². The number of nitro benzene ring substituents is 1. The van der Waals surface area contributed by atoms with Crippen molar-refractivity contribution in [2.24, 2.45) is 0 Å². The summed E-state index contributed by atoms with van der Waals surface area (Å²) in [6.45, 7) is 3.79. The Hall–Kier alpha value is -2.34.